The lowest BCUT2D eigenvalue weighted by Crippen LogP contribution is -2.19. The van der Waals surface area contributed by atoms with Gasteiger partial charge in [-0.3, -0.25) is 9.59 Å². The van der Waals surface area contributed by atoms with Gasteiger partial charge in [-0.2, -0.15) is 0 Å². The van der Waals surface area contributed by atoms with Crippen molar-refractivity contribution in [2.24, 2.45) is 0 Å². The lowest BCUT2D eigenvalue weighted by molar-refractivity contribution is -0.115. The third-order valence-electron chi connectivity index (χ3n) is 2.63. The minimum atomic E-state index is -0.316. The first-order valence-electron chi connectivity index (χ1n) is 6.01. The number of amides is 2. The number of aromatic nitrogens is 1. The van der Waals surface area contributed by atoms with E-state index in [0.717, 1.165) is 0 Å². The molecule has 6 nitrogen and oxygen atoms in total. The highest BCUT2D eigenvalue weighted by Gasteiger charge is 2.12. The SMILES string of the molecule is CNC(=O)c1cc(NC(=O)Cc2csc(N)n2)ccc1Cl. The summed E-state index contributed by atoms with van der Waals surface area (Å²) >= 11 is 7.22. The molecule has 0 bridgehead atoms. The van der Waals surface area contributed by atoms with Crippen LogP contribution in [0.15, 0.2) is 23.6 Å². The molecule has 1 aromatic carbocycles. The first-order valence-corrected chi connectivity index (χ1v) is 7.26. The quantitative estimate of drug-likeness (QED) is 0.800. The Morgan fingerprint density at radius 2 is 2.19 bits per heavy atom. The van der Waals surface area contributed by atoms with Crippen molar-refractivity contribution in [1.29, 1.82) is 0 Å². The molecule has 0 radical (unpaired) electrons. The van der Waals surface area contributed by atoms with Gasteiger partial charge in [-0.15, -0.1) is 11.3 Å². The molecule has 2 amide bonds. The van der Waals surface area contributed by atoms with Gasteiger partial charge in [-0.05, 0) is 18.2 Å². The number of nitrogens with two attached hydrogens (primary N) is 1. The highest BCUT2D eigenvalue weighted by Crippen LogP contribution is 2.21. The molecule has 21 heavy (non-hydrogen) atoms. The molecule has 0 spiro atoms. The van der Waals surface area contributed by atoms with Gasteiger partial charge in [0.1, 0.15) is 0 Å². The van der Waals surface area contributed by atoms with E-state index in [9.17, 15) is 9.59 Å². The number of benzene rings is 1. The van der Waals surface area contributed by atoms with E-state index in [4.69, 9.17) is 17.3 Å². The van der Waals surface area contributed by atoms with Gasteiger partial charge in [-0.1, -0.05) is 11.6 Å². The van der Waals surface area contributed by atoms with Crippen LogP contribution in [0.25, 0.3) is 0 Å². The Kier molecular flexibility index (Phi) is 4.77. The summed E-state index contributed by atoms with van der Waals surface area (Å²) in [4.78, 5) is 27.6. The molecule has 2 rings (SSSR count). The van der Waals surface area contributed by atoms with Crippen molar-refractivity contribution in [3.8, 4) is 0 Å². The van der Waals surface area contributed by atoms with Crippen LogP contribution in [0.3, 0.4) is 0 Å². The monoisotopic (exact) mass is 324 g/mol. The van der Waals surface area contributed by atoms with Gasteiger partial charge >= 0.3 is 0 Å². The molecule has 2 aromatic rings. The fourth-order valence-electron chi connectivity index (χ4n) is 1.69. The molecule has 110 valence electrons. The predicted molar refractivity (Wildman–Crippen MR) is 83.7 cm³/mol. The van der Waals surface area contributed by atoms with E-state index in [-0.39, 0.29) is 18.2 Å². The largest absolute Gasteiger partial charge is 0.375 e. The van der Waals surface area contributed by atoms with Crippen LogP contribution in [-0.4, -0.2) is 23.8 Å². The molecule has 0 aliphatic rings. The Hall–Kier alpha value is -2.12. The van der Waals surface area contributed by atoms with E-state index in [1.165, 1.54) is 24.5 Å². The van der Waals surface area contributed by atoms with Crippen LogP contribution in [0.2, 0.25) is 5.02 Å². The molecule has 4 N–H and O–H groups in total. The van der Waals surface area contributed by atoms with Crippen LogP contribution in [-0.2, 0) is 11.2 Å². The van der Waals surface area contributed by atoms with Gasteiger partial charge in [0.2, 0.25) is 5.91 Å². The maximum atomic E-state index is 11.9. The molecule has 0 atom stereocenters. The van der Waals surface area contributed by atoms with Crippen molar-refractivity contribution in [2.75, 3.05) is 18.1 Å². The Morgan fingerprint density at radius 3 is 2.81 bits per heavy atom. The summed E-state index contributed by atoms with van der Waals surface area (Å²) in [5.41, 5.74) is 6.91. The summed E-state index contributed by atoms with van der Waals surface area (Å²) in [5.74, 6) is -0.561. The number of nitrogens with zero attached hydrogens (tertiary/aromatic N) is 1. The average Bonchev–Trinajstić information content (AvgIpc) is 2.85. The zero-order chi connectivity index (χ0) is 15.4. The van der Waals surface area contributed by atoms with Crippen LogP contribution in [0.5, 0.6) is 0 Å². The van der Waals surface area contributed by atoms with Crippen LogP contribution < -0.4 is 16.4 Å². The summed E-state index contributed by atoms with van der Waals surface area (Å²) in [6.07, 6.45) is 0.117. The minimum Gasteiger partial charge on any atom is -0.375 e. The topological polar surface area (TPSA) is 97.1 Å². The number of halogens is 1. The number of hydrogen-bond acceptors (Lipinski definition) is 5. The Morgan fingerprint density at radius 1 is 1.43 bits per heavy atom. The van der Waals surface area contributed by atoms with E-state index >= 15 is 0 Å². The zero-order valence-corrected chi connectivity index (χ0v) is 12.7. The van der Waals surface area contributed by atoms with Crippen molar-refractivity contribution in [1.82, 2.24) is 10.3 Å². The summed E-state index contributed by atoms with van der Waals surface area (Å²) in [5, 5.41) is 7.65. The lowest BCUT2D eigenvalue weighted by Gasteiger charge is -2.08. The number of thiazole rings is 1. The highest BCUT2D eigenvalue weighted by molar-refractivity contribution is 7.13. The van der Waals surface area contributed by atoms with E-state index in [1.807, 2.05) is 0 Å². The fraction of sp³-hybridized carbons (Fsp3) is 0.154. The second-order valence-corrected chi connectivity index (χ2v) is 5.47. The average molecular weight is 325 g/mol. The zero-order valence-electron chi connectivity index (χ0n) is 11.1. The number of nitrogen functional groups attached to an aromatic ring is 1. The number of carbonyl (C=O) groups excluding carboxylic acids is 2. The molecule has 0 unspecified atom stereocenters. The van der Waals surface area contributed by atoms with Gasteiger partial charge in [0, 0.05) is 18.1 Å². The first-order chi connectivity index (χ1) is 9.99. The lowest BCUT2D eigenvalue weighted by atomic mass is 10.2. The smallest absolute Gasteiger partial charge is 0.252 e. The van der Waals surface area contributed by atoms with Crippen molar-refractivity contribution in [2.45, 2.75) is 6.42 Å². The Labute approximate surface area is 130 Å². The summed E-state index contributed by atoms with van der Waals surface area (Å²) in [6.45, 7) is 0. The van der Waals surface area contributed by atoms with E-state index in [2.05, 4.69) is 15.6 Å². The van der Waals surface area contributed by atoms with Crippen molar-refractivity contribution in [3.63, 3.8) is 0 Å². The van der Waals surface area contributed by atoms with Crippen molar-refractivity contribution >= 4 is 45.6 Å². The van der Waals surface area contributed by atoms with Gasteiger partial charge in [-0.25, -0.2) is 4.98 Å². The number of hydrogen-bond donors (Lipinski definition) is 3. The molecule has 0 fully saturated rings. The third-order valence-corrected chi connectivity index (χ3v) is 3.69. The molecule has 0 aliphatic heterocycles. The van der Waals surface area contributed by atoms with Crippen LogP contribution >= 0.6 is 22.9 Å². The normalized spacial score (nSPS) is 10.2. The molecular formula is C13H13ClN4O2S. The summed E-state index contributed by atoms with van der Waals surface area (Å²) < 4.78 is 0. The van der Waals surface area contributed by atoms with Gasteiger partial charge < -0.3 is 16.4 Å². The molecule has 8 heteroatoms. The maximum Gasteiger partial charge on any atom is 0.252 e. The van der Waals surface area contributed by atoms with E-state index < -0.39 is 0 Å². The summed E-state index contributed by atoms with van der Waals surface area (Å²) in [6, 6.07) is 4.71. The molecule has 1 heterocycles. The minimum absolute atomic E-state index is 0.117. The van der Waals surface area contributed by atoms with Crippen molar-refractivity contribution < 1.29 is 9.59 Å². The van der Waals surface area contributed by atoms with Gasteiger partial charge in [0.15, 0.2) is 5.13 Å². The van der Waals surface area contributed by atoms with Crippen molar-refractivity contribution in [3.05, 3.63) is 39.9 Å². The van der Waals surface area contributed by atoms with Crippen LogP contribution in [0, 0.1) is 0 Å². The second kappa shape index (κ2) is 6.55. The van der Waals surface area contributed by atoms with E-state index in [1.54, 1.807) is 17.5 Å². The summed E-state index contributed by atoms with van der Waals surface area (Å²) in [7, 11) is 1.51. The predicted octanol–water partition coefficient (Wildman–Crippen LogP) is 1.92. The third kappa shape index (κ3) is 3.93. The standard InChI is InChI=1S/C13H13ClN4O2S/c1-16-12(20)9-4-7(2-3-10(9)14)17-11(19)5-8-6-21-13(15)18-8/h2-4,6H,5H2,1H3,(H2,15,18)(H,16,20)(H,17,19). The number of anilines is 2. The number of carbonyl (C=O) groups is 2. The first kappa shape index (κ1) is 15.3. The maximum absolute atomic E-state index is 11.9. The van der Waals surface area contributed by atoms with E-state index in [0.29, 0.717) is 27.1 Å². The number of nitrogens with one attached hydrogen (secondary N) is 2. The molecule has 0 aliphatic carbocycles. The molecule has 1 aromatic heterocycles. The van der Waals surface area contributed by atoms with Crippen LogP contribution in [0.1, 0.15) is 16.1 Å². The Bertz CT molecular complexity index is 687. The van der Waals surface area contributed by atoms with Gasteiger partial charge in [0.05, 0.1) is 22.7 Å². The highest BCUT2D eigenvalue weighted by atomic mass is 35.5. The Balaban J connectivity index is 2.08. The molecule has 0 saturated heterocycles. The second-order valence-electron chi connectivity index (χ2n) is 4.18. The molecule has 0 saturated carbocycles. The fourth-order valence-corrected chi connectivity index (χ4v) is 2.45. The van der Waals surface area contributed by atoms with Crippen LogP contribution in [0.4, 0.5) is 10.8 Å². The molecular weight excluding hydrogens is 312 g/mol. The van der Waals surface area contributed by atoms with Gasteiger partial charge in [0.25, 0.3) is 5.91 Å². The number of rotatable bonds is 4.